The van der Waals surface area contributed by atoms with Crippen molar-refractivity contribution in [2.24, 2.45) is 5.73 Å². The molecule has 2 aromatic rings. The number of nitrogen functional groups attached to an aromatic ring is 1. The van der Waals surface area contributed by atoms with Crippen molar-refractivity contribution >= 4 is 17.3 Å². The van der Waals surface area contributed by atoms with E-state index < -0.39 is 5.82 Å². The van der Waals surface area contributed by atoms with Gasteiger partial charge in [-0.25, -0.2) is 4.39 Å². The Morgan fingerprint density at radius 1 is 1.37 bits per heavy atom. The predicted octanol–water partition coefficient (Wildman–Crippen LogP) is 2.81. The van der Waals surface area contributed by atoms with Crippen molar-refractivity contribution in [1.29, 1.82) is 0 Å². The maximum Gasteiger partial charge on any atom is 0.257 e. The van der Waals surface area contributed by atoms with Gasteiger partial charge in [-0.3, -0.25) is 9.78 Å². The minimum Gasteiger partial charge on any atom is -0.491 e. The van der Waals surface area contributed by atoms with E-state index in [1.165, 1.54) is 12.3 Å². The highest BCUT2D eigenvalue weighted by Gasteiger charge is 2.29. The second-order valence-corrected chi connectivity index (χ2v) is 6.56. The van der Waals surface area contributed by atoms with Crippen molar-refractivity contribution in [1.82, 2.24) is 9.88 Å². The monoisotopic (exact) mass is 370 g/mol. The molecule has 1 aromatic heterocycles. The van der Waals surface area contributed by atoms with Gasteiger partial charge in [-0.05, 0) is 37.5 Å². The smallest absolute Gasteiger partial charge is 0.257 e. The number of nitrogens with two attached hydrogens (primary N) is 2. The van der Waals surface area contributed by atoms with Crippen LogP contribution in [0.3, 0.4) is 0 Å². The number of rotatable bonds is 5. The Balaban J connectivity index is 1.78. The molecule has 1 saturated heterocycles. The number of nitrogens with zero attached hydrogens (tertiary/aromatic N) is 2. The third-order valence-corrected chi connectivity index (χ3v) is 4.70. The zero-order valence-corrected chi connectivity index (χ0v) is 15.0. The van der Waals surface area contributed by atoms with Gasteiger partial charge in [0.05, 0.1) is 23.4 Å². The van der Waals surface area contributed by atoms with Crippen LogP contribution in [0, 0.1) is 5.82 Å². The van der Waals surface area contributed by atoms with Gasteiger partial charge in [-0.2, -0.15) is 0 Å². The van der Waals surface area contributed by atoms with E-state index in [1.807, 2.05) is 0 Å². The molecule has 0 bridgehead atoms. The van der Waals surface area contributed by atoms with Gasteiger partial charge in [-0.1, -0.05) is 12.6 Å². The molecule has 0 spiro atoms. The number of hydrogen-bond donors (Lipinski definition) is 2. The Labute approximate surface area is 157 Å². The van der Waals surface area contributed by atoms with E-state index in [1.54, 1.807) is 23.1 Å². The topological polar surface area (TPSA) is 94.5 Å². The molecule has 1 amide bonds. The third-order valence-electron chi connectivity index (χ3n) is 4.70. The average Bonchev–Trinajstić information content (AvgIpc) is 2.66. The van der Waals surface area contributed by atoms with E-state index in [0.29, 0.717) is 29.2 Å². The SMILES string of the molecule is C=C(N)c1c(N)cccc1OCC1CCCCN1C(=O)c1ccncc1F. The molecule has 6 nitrogen and oxygen atoms in total. The van der Waals surface area contributed by atoms with Crippen LogP contribution >= 0.6 is 0 Å². The number of pyridine rings is 1. The summed E-state index contributed by atoms with van der Waals surface area (Å²) < 4.78 is 19.9. The van der Waals surface area contributed by atoms with Gasteiger partial charge in [-0.15, -0.1) is 0 Å². The maximum atomic E-state index is 14.0. The van der Waals surface area contributed by atoms with E-state index in [2.05, 4.69) is 11.6 Å². The minimum atomic E-state index is -0.620. The maximum absolute atomic E-state index is 14.0. The van der Waals surface area contributed by atoms with Crippen molar-refractivity contribution in [3.8, 4) is 5.75 Å². The number of halogens is 1. The first kappa shape index (κ1) is 18.7. The van der Waals surface area contributed by atoms with Crippen molar-refractivity contribution < 1.29 is 13.9 Å². The van der Waals surface area contributed by atoms with Crippen LogP contribution < -0.4 is 16.2 Å². The lowest BCUT2D eigenvalue weighted by molar-refractivity contribution is 0.0523. The molecule has 1 fully saturated rings. The van der Waals surface area contributed by atoms with Crippen LogP contribution in [0.25, 0.3) is 5.70 Å². The second kappa shape index (κ2) is 8.07. The van der Waals surface area contributed by atoms with Crippen LogP contribution in [0.5, 0.6) is 5.75 Å². The molecule has 27 heavy (non-hydrogen) atoms. The van der Waals surface area contributed by atoms with E-state index >= 15 is 0 Å². The highest BCUT2D eigenvalue weighted by atomic mass is 19.1. The molecule has 0 aliphatic carbocycles. The number of hydrogen-bond acceptors (Lipinski definition) is 5. The zero-order chi connectivity index (χ0) is 19.4. The Morgan fingerprint density at radius 3 is 2.93 bits per heavy atom. The molecule has 1 unspecified atom stereocenters. The fraction of sp³-hybridized carbons (Fsp3) is 0.300. The normalized spacial score (nSPS) is 16.8. The largest absolute Gasteiger partial charge is 0.491 e. The van der Waals surface area contributed by atoms with Crippen molar-refractivity contribution in [3.63, 3.8) is 0 Å². The van der Waals surface area contributed by atoms with Crippen molar-refractivity contribution in [2.45, 2.75) is 25.3 Å². The summed E-state index contributed by atoms with van der Waals surface area (Å²) in [5.74, 6) is -0.444. The third kappa shape index (κ3) is 4.02. The molecule has 1 aliphatic rings. The molecular weight excluding hydrogens is 347 g/mol. The summed E-state index contributed by atoms with van der Waals surface area (Å²) in [7, 11) is 0. The summed E-state index contributed by atoms with van der Waals surface area (Å²) in [4.78, 5) is 18.2. The molecule has 0 saturated carbocycles. The van der Waals surface area contributed by atoms with Gasteiger partial charge >= 0.3 is 0 Å². The van der Waals surface area contributed by atoms with Gasteiger partial charge in [0.2, 0.25) is 0 Å². The lowest BCUT2D eigenvalue weighted by atomic mass is 10.0. The van der Waals surface area contributed by atoms with E-state index in [0.717, 1.165) is 25.5 Å². The summed E-state index contributed by atoms with van der Waals surface area (Å²) in [5, 5.41) is 0. The van der Waals surface area contributed by atoms with Gasteiger partial charge in [0.15, 0.2) is 5.82 Å². The number of amides is 1. The van der Waals surface area contributed by atoms with Gasteiger partial charge in [0, 0.05) is 24.1 Å². The van der Waals surface area contributed by atoms with E-state index in [4.69, 9.17) is 16.2 Å². The van der Waals surface area contributed by atoms with Crippen molar-refractivity contribution in [3.05, 3.63) is 60.2 Å². The van der Waals surface area contributed by atoms with Crippen LogP contribution in [-0.2, 0) is 0 Å². The van der Waals surface area contributed by atoms with Gasteiger partial charge in [0.1, 0.15) is 12.4 Å². The Kier molecular flexibility index (Phi) is 5.59. The number of piperidine rings is 1. The highest BCUT2D eigenvalue weighted by Crippen LogP contribution is 2.29. The number of likely N-dealkylation sites (tertiary alicyclic amines) is 1. The van der Waals surface area contributed by atoms with Gasteiger partial charge < -0.3 is 21.1 Å². The Bertz CT molecular complexity index is 856. The predicted molar refractivity (Wildman–Crippen MR) is 102 cm³/mol. The highest BCUT2D eigenvalue weighted by molar-refractivity contribution is 5.94. The van der Waals surface area contributed by atoms with E-state index in [9.17, 15) is 9.18 Å². The van der Waals surface area contributed by atoms with E-state index in [-0.39, 0.29) is 24.1 Å². The van der Waals surface area contributed by atoms with Crippen LogP contribution in [-0.4, -0.2) is 35.0 Å². The second-order valence-electron chi connectivity index (χ2n) is 6.56. The number of benzene rings is 1. The van der Waals surface area contributed by atoms with Crippen molar-refractivity contribution in [2.75, 3.05) is 18.9 Å². The Hall–Kier alpha value is -3.09. The number of carbonyl (C=O) groups excluding carboxylic acids is 1. The standard InChI is InChI=1S/C20H23FN4O2/c1-13(22)19-17(23)6-4-7-18(19)27-12-14-5-2-3-10-25(14)20(26)15-8-9-24-11-16(15)21/h4,6-9,11,14H,1-3,5,10,12,22-23H2. The molecule has 1 aromatic carbocycles. The Morgan fingerprint density at radius 2 is 2.19 bits per heavy atom. The summed E-state index contributed by atoms with van der Waals surface area (Å²) in [6.45, 7) is 4.56. The molecule has 2 heterocycles. The lowest BCUT2D eigenvalue weighted by Gasteiger charge is -2.35. The quantitative estimate of drug-likeness (QED) is 0.789. The fourth-order valence-electron chi connectivity index (χ4n) is 3.34. The molecule has 142 valence electrons. The molecule has 7 heteroatoms. The average molecular weight is 370 g/mol. The first-order valence-electron chi connectivity index (χ1n) is 8.85. The number of carbonyl (C=O) groups is 1. The van der Waals surface area contributed by atoms with Crippen LogP contribution in [0.4, 0.5) is 10.1 Å². The number of anilines is 1. The minimum absolute atomic E-state index is 0.0249. The van der Waals surface area contributed by atoms with Crippen LogP contribution in [0.15, 0.2) is 43.2 Å². The summed E-state index contributed by atoms with van der Waals surface area (Å²) >= 11 is 0. The first-order valence-corrected chi connectivity index (χ1v) is 8.85. The van der Waals surface area contributed by atoms with Crippen LogP contribution in [0.1, 0.15) is 35.2 Å². The summed E-state index contributed by atoms with van der Waals surface area (Å²) in [6, 6.07) is 6.50. The van der Waals surface area contributed by atoms with Gasteiger partial charge in [0.25, 0.3) is 5.91 Å². The number of aromatic nitrogens is 1. The zero-order valence-electron chi connectivity index (χ0n) is 15.0. The molecule has 1 atom stereocenters. The molecule has 3 rings (SSSR count). The molecule has 4 N–H and O–H groups in total. The summed E-state index contributed by atoms with van der Waals surface area (Å²) in [5.41, 5.74) is 13.2. The molecule has 1 aliphatic heterocycles. The van der Waals surface area contributed by atoms with Crippen LogP contribution in [0.2, 0.25) is 0 Å². The number of ether oxygens (including phenoxy) is 1. The first-order chi connectivity index (χ1) is 13.0. The fourth-order valence-corrected chi connectivity index (χ4v) is 3.34. The molecule has 0 radical (unpaired) electrons. The summed E-state index contributed by atoms with van der Waals surface area (Å²) in [6.07, 6.45) is 5.09. The molecular formula is C20H23FN4O2. The lowest BCUT2D eigenvalue weighted by Crippen LogP contribution is -2.47.